The second-order valence-electron chi connectivity index (χ2n) is 10.3. The third-order valence-corrected chi connectivity index (χ3v) is 8.80. The summed E-state index contributed by atoms with van der Waals surface area (Å²) in [5.74, 6) is -0.231. The lowest BCUT2D eigenvalue weighted by Crippen LogP contribution is -2.47. The number of nitrogens with one attached hydrogen (secondary N) is 2. The van der Waals surface area contributed by atoms with Gasteiger partial charge in [0.25, 0.3) is 11.5 Å². The van der Waals surface area contributed by atoms with Crippen LogP contribution in [0.1, 0.15) is 25.6 Å². The van der Waals surface area contributed by atoms with Gasteiger partial charge in [-0.05, 0) is 43.4 Å². The number of nitrogens with zero attached hydrogens (tertiary/aromatic N) is 2. The van der Waals surface area contributed by atoms with E-state index in [9.17, 15) is 43.9 Å². The molecule has 1 amide bonds. The summed E-state index contributed by atoms with van der Waals surface area (Å²) >= 11 is 1.78. The van der Waals surface area contributed by atoms with Gasteiger partial charge in [-0.3, -0.25) is 28.2 Å². The molecule has 46 heavy (non-hydrogen) atoms. The summed E-state index contributed by atoms with van der Waals surface area (Å²) in [6, 6.07) is 0. The van der Waals surface area contributed by atoms with Gasteiger partial charge in [0, 0.05) is 18.0 Å². The van der Waals surface area contributed by atoms with Crippen LogP contribution in [-0.2, 0) is 32.4 Å². The Hall–Kier alpha value is -1.86. The predicted molar refractivity (Wildman–Crippen MR) is 159 cm³/mol. The monoisotopic (exact) mass is 814 g/mol. The maximum absolute atomic E-state index is 11.8. The topological polar surface area (TPSA) is 320 Å². The highest BCUT2D eigenvalue weighted by atomic mass is 127. The van der Waals surface area contributed by atoms with Gasteiger partial charge in [-0.25, -0.2) is 13.9 Å². The van der Waals surface area contributed by atoms with Crippen LogP contribution in [0, 0.1) is 6.92 Å². The Balaban J connectivity index is 0.000000250. The van der Waals surface area contributed by atoms with Crippen molar-refractivity contribution in [1.82, 2.24) is 19.8 Å². The Labute approximate surface area is 272 Å². The van der Waals surface area contributed by atoms with Gasteiger partial charge in [0.1, 0.15) is 42.4 Å². The number of aromatic amines is 1. The van der Waals surface area contributed by atoms with Crippen LogP contribution in [0.5, 0.6) is 0 Å². The molecule has 2 unspecified atom stereocenters. The molecule has 0 spiro atoms. The van der Waals surface area contributed by atoms with E-state index in [-0.39, 0.29) is 17.3 Å². The van der Waals surface area contributed by atoms with Crippen LogP contribution in [0.2, 0.25) is 0 Å². The van der Waals surface area contributed by atoms with Crippen LogP contribution in [0.15, 0.2) is 38.0 Å². The van der Waals surface area contributed by atoms with Gasteiger partial charge in [0.15, 0.2) is 12.5 Å². The van der Waals surface area contributed by atoms with E-state index in [4.69, 9.17) is 29.0 Å². The Morgan fingerprint density at radius 2 is 1.35 bits per heavy atom. The number of phosphoric ester groups is 2. The van der Waals surface area contributed by atoms with Crippen LogP contribution >= 0.6 is 38.2 Å². The number of hydrogen-bond acceptors (Lipinski definition) is 14. The van der Waals surface area contributed by atoms with E-state index in [1.807, 2.05) is 4.98 Å². The summed E-state index contributed by atoms with van der Waals surface area (Å²) in [5.41, 5.74) is -1.28. The van der Waals surface area contributed by atoms with E-state index < -0.39 is 88.2 Å². The van der Waals surface area contributed by atoms with Crippen molar-refractivity contribution in [3.63, 3.8) is 0 Å². The van der Waals surface area contributed by atoms with Gasteiger partial charge in [0.2, 0.25) is 0 Å². The first-order chi connectivity index (χ1) is 21.0. The largest absolute Gasteiger partial charge is 0.469 e. The van der Waals surface area contributed by atoms with Crippen molar-refractivity contribution >= 4 is 44.1 Å². The van der Waals surface area contributed by atoms with E-state index in [2.05, 4.69) is 20.9 Å². The summed E-state index contributed by atoms with van der Waals surface area (Å²) in [6.45, 7) is 7.60. The molecule has 1 aromatic heterocycles. The second kappa shape index (κ2) is 14.7. The highest BCUT2D eigenvalue weighted by Gasteiger charge is 2.50. The fourth-order valence-corrected chi connectivity index (χ4v) is 6.22. The van der Waals surface area contributed by atoms with Crippen molar-refractivity contribution in [1.29, 1.82) is 0 Å². The SMILES string of the molecule is C=C1NC(=O)C(I)=CN1[C@@H]1O[C@H](C(C)OP(=O)(O)O)[C@@H](O)[C@H]1O.Cc1cn([C@@H]2O[C@H](C(C)OP(=O)(O)O)[C@@H](O)[C@H]2O)c(=O)[nH]c1=O. The summed E-state index contributed by atoms with van der Waals surface area (Å²) in [6.07, 6.45) is -10.8. The quantitative estimate of drug-likeness (QED) is 0.0928. The first kappa shape index (κ1) is 38.6. The molecule has 10 N–H and O–H groups in total. The molecular formula is C22H33IN4O17P2. The number of carbonyl (C=O) groups is 1. The van der Waals surface area contributed by atoms with Crippen molar-refractivity contribution in [2.75, 3.05) is 0 Å². The standard InChI is InChI=1S/C11H16IN2O8P.C11H17N2O9P/c1-4(22-23(18,19)20)9-7(15)8(16)11(21-9)14-3-6(12)10(17)13-5(14)2;1-4-3-13(11(17)12-9(4)16)10-7(15)6(14)8(21-10)5(2)22-23(18,19)20/h3-4,7-9,11,15-16H,2H2,1H3,(H,13,17)(H2,18,19,20);3,5-8,10,14-15H,1-2H3,(H,12,16,17)(H2,18,19,20)/t4?,7-,8+,9+,11+;5?,6-,7+,8+,10+/m00/s1. The number of aryl methyl sites for hydroxylation is 1. The normalized spacial score (nSPS) is 31.6. The fraction of sp³-hybridized carbons (Fsp3) is 0.591. The minimum absolute atomic E-state index is 0.135. The zero-order chi connectivity index (χ0) is 35.0. The lowest BCUT2D eigenvalue weighted by molar-refractivity contribution is -0.119. The number of H-pyrrole nitrogens is 1. The fourth-order valence-electron chi connectivity index (χ4n) is 4.68. The summed E-state index contributed by atoms with van der Waals surface area (Å²) in [4.78, 5) is 73.3. The molecule has 10 atom stereocenters. The van der Waals surface area contributed by atoms with E-state index >= 15 is 0 Å². The van der Waals surface area contributed by atoms with Gasteiger partial charge in [-0.15, -0.1) is 0 Å². The third kappa shape index (κ3) is 9.18. The van der Waals surface area contributed by atoms with E-state index in [1.165, 1.54) is 31.9 Å². The summed E-state index contributed by atoms with van der Waals surface area (Å²) in [7, 11) is -9.60. The first-order valence-corrected chi connectivity index (χ1v) is 17.2. The third-order valence-electron chi connectivity index (χ3n) is 6.82. The van der Waals surface area contributed by atoms with Crippen molar-refractivity contribution < 1.29 is 72.4 Å². The van der Waals surface area contributed by atoms with E-state index in [0.717, 1.165) is 10.8 Å². The average Bonchev–Trinajstić information content (AvgIpc) is 3.37. The van der Waals surface area contributed by atoms with Crippen LogP contribution in [0.3, 0.4) is 0 Å². The number of aliphatic hydroxyl groups excluding tert-OH is 4. The molecule has 0 aliphatic carbocycles. The number of phosphoric acid groups is 2. The average molecular weight is 814 g/mol. The zero-order valence-corrected chi connectivity index (χ0v) is 28.0. The molecule has 260 valence electrons. The van der Waals surface area contributed by atoms with Crippen molar-refractivity contribution in [3.05, 3.63) is 54.8 Å². The Kier molecular flexibility index (Phi) is 12.3. The smallest absolute Gasteiger partial charge is 0.387 e. The molecule has 3 aliphatic heterocycles. The van der Waals surface area contributed by atoms with Gasteiger partial charge >= 0.3 is 21.3 Å². The molecule has 4 rings (SSSR count). The van der Waals surface area contributed by atoms with Crippen molar-refractivity contribution in [2.24, 2.45) is 0 Å². The number of halogens is 1. The number of ether oxygens (including phenoxy) is 2. The molecule has 21 nitrogen and oxygen atoms in total. The van der Waals surface area contributed by atoms with Gasteiger partial charge < -0.3 is 59.7 Å². The highest BCUT2D eigenvalue weighted by Crippen LogP contribution is 2.42. The van der Waals surface area contributed by atoms with Crippen LogP contribution in [-0.4, -0.2) is 115 Å². The Morgan fingerprint density at radius 3 is 1.83 bits per heavy atom. The molecule has 0 bridgehead atoms. The first-order valence-electron chi connectivity index (χ1n) is 13.0. The molecule has 3 aliphatic rings. The second-order valence-corrected chi connectivity index (χ2v) is 13.9. The van der Waals surface area contributed by atoms with Gasteiger partial charge in [0.05, 0.1) is 15.8 Å². The Bertz CT molecular complexity index is 1560. The van der Waals surface area contributed by atoms with Crippen molar-refractivity contribution in [3.8, 4) is 0 Å². The number of rotatable bonds is 8. The van der Waals surface area contributed by atoms with Crippen LogP contribution in [0.4, 0.5) is 0 Å². The predicted octanol–water partition coefficient (Wildman–Crippen LogP) is -2.93. The number of amides is 1. The van der Waals surface area contributed by atoms with Crippen LogP contribution in [0.25, 0.3) is 0 Å². The number of aliphatic hydroxyl groups is 4. The van der Waals surface area contributed by atoms with Gasteiger partial charge in [-0.2, -0.15) is 0 Å². The molecule has 4 heterocycles. The molecule has 0 saturated carbocycles. The van der Waals surface area contributed by atoms with Crippen LogP contribution < -0.4 is 16.6 Å². The van der Waals surface area contributed by atoms with Gasteiger partial charge in [-0.1, -0.05) is 6.58 Å². The molecule has 0 radical (unpaired) electrons. The number of aromatic nitrogens is 2. The Morgan fingerprint density at radius 1 is 0.891 bits per heavy atom. The number of hydrogen-bond donors (Lipinski definition) is 10. The maximum atomic E-state index is 11.8. The lowest BCUT2D eigenvalue weighted by Gasteiger charge is -2.33. The molecule has 1 aromatic rings. The summed E-state index contributed by atoms with van der Waals surface area (Å²) < 4.78 is 42.7. The molecule has 2 saturated heterocycles. The molecule has 0 aromatic carbocycles. The minimum atomic E-state index is -4.82. The van der Waals surface area contributed by atoms with E-state index in [1.54, 1.807) is 22.6 Å². The van der Waals surface area contributed by atoms with E-state index in [0.29, 0.717) is 3.58 Å². The highest BCUT2D eigenvalue weighted by molar-refractivity contribution is 14.1. The minimum Gasteiger partial charge on any atom is -0.387 e. The maximum Gasteiger partial charge on any atom is 0.469 e. The summed E-state index contributed by atoms with van der Waals surface area (Å²) in [5, 5.41) is 42.7. The molecular weight excluding hydrogens is 781 g/mol. The van der Waals surface area contributed by atoms with Crippen molar-refractivity contribution in [2.45, 2.75) is 82.1 Å². The molecule has 2 fully saturated rings. The lowest BCUT2D eigenvalue weighted by atomic mass is 10.1. The molecule has 24 heteroatoms. The number of carbonyl (C=O) groups excluding carboxylic acids is 1. The zero-order valence-electron chi connectivity index (χ0n) is 24.1.